The lowest BCUT2D eigenvalue weighted by atomic mass is 10.3. The monoisotopic (exact) mass is 215 g/mol. The number of rotatable bonds is 3. The fourth-order valence-electron chi connectivity index (χ4n) is 0.704. The average Bonchev–Trinajstić information content (AvgIpc) is 2.16. The quantitative estimate of drug-likeness (QED) is 0.551. The molecule has 1 unspecified atom stereocenters. The highest BCUT2D eigenvalue weighted by molar-refractivity contribution is 7.77. The van der Waals surface area contributed by atoms with Crippen LogP contribution in [0.5, 0.6) is 5.75 Å². The average molecular weight is 215 g/mol. The minimum Gasteiger partial charge on any atom is -0.759 e. The van der Waals surface area contributed by atoms with Gasteiger partial charge in [0.2, 0.25) is 0 Å². The van der Waals surface area contributed by atoms with Crippen LogP contribution < -0.4 is 15.0 Å². The van der Waals surface area contributed by atoms with E-state index in [1.165, 1.54) is 0 Å². The van der Waals surface area contributed by atoms with Crippen LogP contribution in [0, 0.1) is 0 Å². The summed E-state index contributed by atoms with van der Waals surface area (Å²) in [6, 6.07) is 8.25. The normalized spacial score (nSPS) is 11.8. The van der Waals surface area contributed by atoms with Gasteiger partial charge in [0.1, 0.15) is 5.75 Å². The summed E-state index contributed by atoms with van der Waals surface area (Å²) in [6.07, 6.45) is -0.902. The number of nitrogens with one attached hydrogen (secondary N) is 2. The van der Waals surface area contributed by atoms with Crippen LogP contribution in [0.25, 0.3) is 0 Å². The number of carbonyl (C=O) groups excluding carboxylic acids is 1. The van der Waals surface area contributed by atoms with E-state index >= 15 is 0 Å². The van der Waals surface area contributed by atoms with Gasteiger partial charge in [-0.1, -0.05) is 18.2 Å². The molecule has 0 aliphatic carbocycles. The first-order valence-corrected chi connectivity index (χ1v) is 4.64. The molecule has 1 amide bonds. The molecule has 0 spiro atoms. The number of hydrogen-bond acceptors (Lipinski definition) is 4. The van der Waals surface area contributed by atoms with Gasteiger partial charge in [-0.3, -0.25) is 4.21 Å². The molecule has 0 saturated carbocycles. The zero-order chi connectivity index (χ0) is 10.4. The van der Waals surface area contributed by atoms with Gasteiger partial charge >= 0.3 is 6.09 Å². The summed E-state index contributed by atoms with van der Waals surface area (Å²) in [5.41, 5.74) is 1.81. The number of amides is 1. The highest BCUT2D eigenvalue weighted by Crippen LogP contribution is 2.07. The van der Waals surface area contributed by atoms with Crippen molar-refractivity contribution in [2.45, 2.75) is 0 Å². The Labute approximate surface area is 82.7 Å². The Morgan fingerprint density at radius 3 is 2.57 bits per heavy atom. The highest BCUT2D eigenvalue weighted by atomic mass is 32.2. The number of benzene rings is 1. The largest absolute Gasteiger partial charge is 0.759 e. The maximum Gasteiger partial charge on any atom is 0.427 e. The Morgan fingerprint density at radius 1 is 1.36 bits per heavy atom. The lowest BCUT2D eigenvalue weighted by Crippen LogP contribution is -2.40. The van der Waals surface area contributed by atoms with Crippen molar-refractivity contribution in [3.63, 3.8) is 0 Å². The second-order valence-corrected chi connectivity index (χ2v) is 2.84. The fraction of sp³-hybridized carbons (Fsp3) is 0. The number of carbonyl (C=O) groups is 1. The molecular weight excluding hydrogens is 208 g/mol. The molecule has 0 radical (unpaired) electrons. The maximum atomic E-state index is 10.8. The number of para-hydroxylation sites is 1. The standard InChI is InChI=1S/C7H8N2O4S/c10-7(8-9-14(11)12)13-6-4-2-1-3-5-6/h1-5,9H,(H,8,10)(H,11,12)/p-1. The van der Waals surface area contributed by atoms with Crippen molar-refractivity contribution in [2.24, 2.45) is 0 Å². The second kappa shape index (κ2) is 5.32. The van der Waals surface area contributed by atoms with E-state index in [0.29, 0.717) is 5.75 Å². The molecule has 7 heteroatoms. The Morgan fingerprint density at radius 2 is 2.00 bits per heavy atom. The minimum atomic E-state index is -2.56. The van der Waals surface area contributed by atoms with Crippen molar-refractivity contribution in [3.05, 3.63) is 30.3 Å². The molecule has 0 saturated heterocycles. The van der Waals surface area contributed by atoms with Crippen LogP contribution in [-0.4, -0.2) is 14.9 Å². The van der Waals surface area contributed by atoms with Gasteiger partial charge in [-0.15, -0.1) is 0 Å². The third kappa shape index (κ3) is 3.99. The summed E-state index contributed by atoms with van der Waals surface area (Å²) in [7, 11) is 0. The number of hydrogen-bond donors (Lipinski definition) is 2. The highest BCUT2D eigenvalue weighted by Gasteiger charge is 2.01. The van der Waals surface area contributed by atoms with Gasteiger partial charge in [-0.2, -0.15) is 4.83 Å². The van der Waals surface area contributed by atoms with Crippen LogP contribution in [-0.2, 0) is 11.3 Å². The molecule has 1 rings (SSSR count). The zero-order valence-corrected chi connectivity index (χ0v) is 7.74. The molecule has 2 N–H and O–H groups in total. The molecule has 0 bridgehead atoms. The summed E-state index contributed by atoms with van der Waals surface area (Å²) >= 11 is -2.56. The van der Waals surface area contributed by atoms with Gasteiger partial charge in [0, 0.05) is 11.3 Å². The van der Waals surface area contributed by atoms with Gasteiger partial charge in [-0.05, 0) is 12.1 Å². The van der Waals surface area contributed by atoms with Crippen molar-refractivity contribution in [2.75, 3.05) is 0 Å². The molecule has 0 aliphatic heterocycles. The van der Waals surface area contributed by atoms with Crippen molar-refractivity contribution in [3.8, 4) is 5.75 Å². The van der Waals surface area contributed by atoms with E-state index in [9.17, 15) is 13.6 Å². The first-order chi connectivity index (χ1) is 6.68. The lowest BCUT2D eigenvalue weighted by molar-refractivity contribution is 0.198. The van der Waals surface area contributed by atoms with Crippen molar-refractivity contribution in [1.82, 2.24) is 10.3 Å². The molecule has 6 nitrogen and oxygen atoms in total. The number of hydrazine groups is 1. The lowest BCUT2D eigenvalue weighted by Gasteiger charge is -2.08. The summed E-state index contributed by atoms with van der Waals surface area (Å²) in [4.78, 5) is 12.5. The van der Waals surface area contributed by atoms with Gasteiger partial charge in [0.15, 0.2) is 0 Å². The van der Waals surface area contributed by atoms with Crippen molar-refractivity contribution < 1.29 is 18.3 Å². The van der Waals surface area contributed by atoms with Crippen LogP contribution in [0.15, 0.2) is 30.3 Å². The minimum absolute atomic E-state index is 0.323. The fourth-order valence-corrected chi connectivity index (χ4v) is 0.871. The Balaban J connectivity index is 2.38. The molecular formula is C7H7N2O4S-. The molecule has 0 heterocycles. The van der Waals surface area contributed by atoms with E-state index in [1.54, 1.807) is 40.6 Å². The van der Waals surface area contributed by atoms with E-state index < -0.39 is 17.4 Å². The Hall–Kier alpha value is -1.44. The van der Waals surface area contributed by atoms with Gasteiger partial charge in [-0.25, -0.2) is 10.2 Å². The van der Waals surface area contributed by atoms with Crippen LogP contribution >= 0.6 is 0 Å². The SMILES string of the molecule is O=C(NNS(=O)[O-])Oc1ccccc1. The van der Waals surface area contributed by atoms with E-state index in [4.69, 9.17) is 0 Å². The second-order valence-electron chi connectivity index (χ2n) is 2.16. The van der Waals surface area contributed by atoms with Crippen LogP contribution in [0.4, 0.5) is 4.79 Å². The van der Waals surface area contributed by atoms with Gasteiger partial charge in [0.05, 0.1) is 0 Å². The zero-order valence-electron chi connectivity index (χ0n) is 6.93. The molecule has 14 heavy (non-hydrogen) atoms. The molecule has 0 aliphatic rings. The maximum absolute atomic E-state index is 10.8. The molecule has 76 valence electrons. The van der Waals surface area contributed by atoms with Gasteiger partial charge < -0.3 is 9.29 Å². The molecule has 1 aromatic rings. The predicted octanol–water partition coefficient (Wildman–Crippen LogP) is 0.0737. The first kappa shape index (κ1) is 10.6. The smallest absolute Gasteiger partial charge is 0.427 e. The topological polar surface area (TPSA) is 90.5 Å². The van der Waals surface area contributed by atoms with E-state index in [2.05, 4.69) is 4.74 Å². The summed E-state index contributed by atoms with van der Waals surface area (Å²) in [5, 5.41) is 0. The van der Waals surface area contributed by atoms with Crippen molar-refractivity contribution >= 4 is 17.4 Å². The molecule has 0 fully saturated rings. The van der Waals surface area contributed by atoms with Crippen LogP contribution in [0.1, 0.15) is 0 Å². The predicted molar refractivity (Wildman–Crippen MR) is 47.7 cm³/mol. The molecule has 1 aromatic carbocycles. The summed E-state index contributed by atoms with van der Waals surface area (Å²) in [6.45, 7) is 0. The van der Waals surface area contributed by atoms with E-state index in [-0.39, 0.29) is 0 Å². The number of ether oxygens (including phenoxy) is 1. The third-order valence-corrected chi connectivity index (χ3v) is 1.46. The third-order valence-electron chi connectivity index (χ3n) is 1.19. The van der Waals surface area contributed by atoms with Crippen LogP contribution in [0.2, 0.25) is 0 Å². The Kier molecular flexibility index (Phi) is 4.05. The van der Waals surface area contributed by atoms with Crippen molar-refractivity contribution in [1.29, 1.82) is 0 Å². The van der Waals surface area contributed by atoms with Crippen LogP contribution in [0.3, 0.4) is 0 Å². The molecule has 0 aromatic heterocycles. The summed E-state index contributed by atoms with van der Waals surface area (Å²) < 4.78 is 24.6. The van der Waals surface area contributed by atoms with E-state index in [1.807, 2.05) is 0 Å². The Bertz CT molecular complexity index is 330. The van der Waals surface area contributed by atoms with E-state index in [0.717, 1.165) is 0 Å². The van der Waals surface area contributed by atoms with Gasteiger partial charge in [0.25, 0.3) is 0 Å². The molecule has 1 atom stereocenters. The summed E-state index contributed by atoms with van der Waals surface area (Å²) in [5.74, 6) is 0.323. The first-order valence-electron chi connectivity index (χ1n) is 3.56.